The third-order valence-electron chi connectivity index (χ3n) is 6.48. The van der Waals surface area contributed by atoms with Crippen molar-refractivity contribution in [3.63, 3.8) is 0 Å². The molecule has 2 nitrogen and oxygen atoms in total. The molecular formula is C38H32N2. The maximum atomic E-state index is 3.80. The fourth-order valence-electron chi connectivity index (χ4n) is 4.69. The summed E-state index contributed by atoms with van der Waals surface area (Å²) in [5.74, 6) is 0. The summed E-state index contributed by atoms with van der Waals surface area (Å²) >= 11 is 0. The second-order valence-corrected chi connectivity index (χ2v) is 9.09. The van der Waals surface area contributed by atoms with E-state index in [1.165, 1.54) is 0 Å². The molecule has 0 aliphatic carbocycles. The van der Waals surface area contributed by atoms with Gasteiger partial charge in [-0.25, -0.2) is 0 Å². The van der Waals surface area contributed by atoms with E-state index >= 15 is 0 Å². The number of anilines is 5. The SMILES string of the molecule is C=C/C=C\C=C\N(c1ccccc1)c1ccccccc(N(c2ccccc2)c2ccccc2)c2ccccc12. The summed E-state index contributed by atoms with van der Waals surface area (Å²) in [5, 5.41) is 2.24. The first-order valence-electron chi connectivity index (χ1n) is 13.4. The molecule has 0 unspecified atom stereocenters. The molecule has 2 heteroatoms. The third-order valence-corrected chi connectivity index (χ3v) is 6.48. The number of nitrogens with zero attached hydrogens (tertiary/aromatic N) is 2. The quantitative estimate of drug-likeness (QED) is 0.189. The first kappa shape index (κ1) is 26.3. The number of allylic oxidation sites excluding steroid dienone is 4. The number of hydrogen-bond acceptors (Lipinski definition) is 2. The van der Waals surface area contributed by atoms with Gasteiger partial charge in [0.25, 0.3) is 0 Å². The minimum Gasteiger partial charge on any atom is -0.317 e. The van der Waals surface area contributed by atoms with Gasteiger partial charge in [0.1, 0.15) is 0 Å². The Morgan fingerprint density at radius 2 is 0.825 bits per heavy atom. The number of hydrogen-bond donors (Lipinski definition) is 0. The van der Waals surface area contributed by atoms with Crippen LogP contribution in [0, 0.1) is 0 Å². The summed E-state index contributed by atoms with van der Waals surface area (Å²) in [6.45, 7) is 3.80. The molecule has 194 valence electrons. The van der Waals surface area contributed by atoms with Gasteiger partial charge in [-0.1, -0.05) is 128 Å². The van der Waals surface area contributed by atoms with Crippen LogP contribution in [0.15, 0.2) is 189 Å². The highest BCUT2D eigenvalue weighted by Crippen LogP contribution is 2.40. The molecule has 0 bridgehead atoms. The topological polar surface area (TPSA) is 6.48 Å². The molecule has 0 radical (unpaired) electrons. The number of rotatable bonds is 8. The van der Waals surface area contributed by atoms with E-state index in [2.05, 4.69) is 168 Å². The Morgan fingerprint density at radius 3 is 1.38 bits per heavy atom. The lowest BCUT2D eigenvalue weighted by molar-refractivity contribution is 1.29. The van der Waals surface area contributed by atoms with Gasteiger partial charge in [0.15, 0.2) is 0 Å². The van der Waals surface area contributed by atoms with Crippen molar-refractivity contribution >= 4 is 39.2 Å². The molecule has 0 saturated heterocycles. The van der Waals surface area contributed by atoms with E-state index in [1.54, 1.807) is 6.08 Å². The first-order valence-corrected chi connectivity index (χ1v) is 13.4. The van der Waals surface area contributed by atoms with Crippen LogP contribution in [0.5, 0.6) is 0 Å². The zero-order valence-electron chi connectivity index (χ0n) is 22.4. The molecular weight excluding hydrogens is 484 g/mol. The monoisotopic (exact) mass is 516 g/mol. The summed E-state index contributed by atoms with van der Waals surface area (Å²) in [5.41, 5.74) is 5.39. The Bertz CT molecular complexity index is 1610. The van der Waals surface area contributed by atoms with Gasteiger partial charge >= 0.3 is 0 Å². The third kappa shape index (κ3) is 6.20. The normalized spacial score (nSPS) is 10.9. The second-order valence-electron chi connectivity index (χ2n) is 9.09. The molecule has 0 saturated carbocycles. The Morgan fingerprint density at radius 1 is 0.400 bits per heavy atom. The van der Waals surface area contributed by atoms with Gasteiger partial charge in [-0.2, -0.15) is 0 Å². The van der Waals surface area contributed by atoms with Crippen molar-refractivity contribution in [1.82, 2.24) is 0 Å². The van der Waals surface area contributed by atoms with Gasteiger partial charge in [-0.3, -0.25) is 0 Å². The highest BCUT2D eigenvalue weighted by atomic mass is 15.1. The zero-order valence-corrected chi connectivity index (χ0v) is 22.4. The lowest BCUT2D eigenvalue weighted by Gasteiger charge is -2.27. The van der Waals surface area contributed by atoms with Crippen LogP contribution in [0.25, 0.3) is 10.8 Å². The lowest BCUT2D eigenvalue weighted by Crippen LogP contribution is -2.11. The largest absolute Gasteiger partial charge is 0.317 e. The van der Waals surface area contributed by atoms with E-state index in [9.17, 15) is 0 Å². The van der Waals surface area contributed by atoms with Crippen LogP contribution in [-0.2, 0) is 0 Å². The van der Waals surface area contributed by atoms with Crippen LogP contribution in [0.3, 0.4) is 0 Å². The van der Waals surface area contributed by atoms with Gasteiger partial charge in [-0.05, 0) is 54.6 Å². The molecule has 0 fully saturated rings. The highest BCUT2D eigenvalue weighted by molar-refractivity contribution is 6.04. The van der Waals surface area contributed by atoms with Gasteiger partial charge in [0, 0.05) is 34.0 Å². The minimum absolute atomic E-state index is 1.06. The van der Waals surface area contributed by atoms with Crippen molar-refractivity contribution in [3.8, 4) is 0 Å². The summed E-state index contributed by atoms with van der Waals surface area (Å²) in [4.78, 5) is 4.55. The van der Waals surface area contributed by atoms with E-state index in [1.807, 2.05) is 24.3 Å². The zero-order chi connectivity index (χ0) is 27.4. The second kappa shape index (κ2) is 13.5. The molecule has 5 rings (SSSR count). The average Bonchev–Trinajstić information content (AvgIpc) is 3.02. The van der Waals surface area contributed by atoms with Crippen molar-refractivity contribution in [2.24, 2.45) is 0 Å². The summed E-state index contributed by atoms with van der Waals surface area (Å²) in [7, 11) is 0. The number of benzene rings is 4. The van der Waals surface area contributed by atoms with Gasteiger partial charge in [0.05, 0.1) is 11.4 Å². The maximum Gasteiger partial charge on any atom is 0.0540 e. The molecule has 0 N–H and O–H groups in total. The van der Waals surface area contributed by atoms with E-state index in [0.29, 0.717) is 0 Å². The molecule has 0 aliphatic heterocycles. The van der Waals surface area contributed by atoms with Crippen molar-refractivity contribution < 1.29 is 0 Å². The smallest absolute Gasteiger partial charge is 0.0540 e. The molecule has 5 aromatic rings. The van der Waals surface area contributed by atoms with E-state index in [0.717, 1.165) is 39.2 Å². The summed E-state index contributed by atoms with van der Waals surface area (Å²) in [6.07, 6.45) is 9.84. The lowest BCUT2D eigenvalue weighted by atomic mass is 10.1. The molecule has 0 amide bonds. The van der Waals surface area contributed by atoms with Crippen molar-refractivity contribution in [3.05, 3.63) is 189 Å². The molecule has 0 heterocycles. The minimum atomic E-state index is 1.06. The van der Waals surface area contributed by atoms with Crippen LogP contribution in [-0.4, -0.2) is 0 Å². The molecule has 40 heavy (non-hydrogen) atoms. The Labute approximate surface area is 237 Å². The fourth-order valence-corrected chi connectivity index (χ4v) is 4.69. The van der Waals surface area contributed by atoms with Gasteiger partial charge < -0.3 is 9.80 Å². The van der Waals surface area contributed by atoms with Crippen molar-refractivity contribution in [1.29, 1.82) is 0 Å². The summed E-state index contributed by atoms with van der Waals surface area (Å²) in [6, 6.07) is 52.8. The standard InChI is InChI=1S/C38H32N2/c1-2-3-4-20-31-39(32-21-10-7-11-22-32)37-29-16-5-6-17-30-38(36-28-19-18-27-35(36)37)40(33-23-12-8-13-24-33)34-25-14-9-15-26-34/h2-31H,1H2/b4-3-,6-5?,16-5?,17-6?,29-16?,30-17?,31-20+,37-29?,37-35?,38-30?,38-36?. The van der Waals surface area contributed by atoms with Crippen molar-refractivity contribution in [2.75, 3.05) is 9.80 Å². The van der Waals surface area contributed by atoms with Crippen LogP contribution < -0.4 is 9.80 Å². The van der Waals surface area contributed by atoms with Crippen LogP contribution in [0.4, 0.5) is 28.4 Å². The number of fused-ring (bicyclic) bond motifs is 1. The Balaban J connectivity index is 1.85. The Kier molecular flexibility index (Phi) is 8.84. The van der Waals surface area contributed by atoms with Gasteiger partial charge in [0.2, 0.25) is 0 Å². The average molecular weight is 517 g/mol. The van der Waals surface area contributed by atoms with Crippen LogP contribution in [0.2, 0.25) is 0 Å². The fraction of sp³-hybridized carbons (Fsp3) is 0. The van der Waals surface area contributed by atoms with E-state index in [4.69, 9.17) is 0 Å². The van der Waals surface area contributed by atoms with Gasteiger partial charge in [-0.15, -0.1) is 0 Å². The van der Waals surface area contributed by atoms with E-state index in [-0.39, 0.29) is 0 Å². The number of para-hydroxylation sites is 3. The Hall–Kier alpha value is -5.34. The molecule has 0 aromatic heterocycles. The summed E-state index contributed by atoms with van der Waals surface area (Å²) < 4.78 is 0. The predicted octanol–water partition coefficient (Wildman–Crippen LogP) is 10.8. The van der Waals surface area contributed by atoms with Crippen LogP contribution in [0.1, 0.15) is 0 Å². The van der Waals surface area contributed by atoms with Crippen molar-refractivity contribution in [2.45, 2.75) is 0 Å². The first-order chi connectivity index (χ1) is 19.9. The maximum absolute atomic E-state index is 3.80. The molecule has 0 atom stereocenters. The highest BCUT2D eigenvalue weighted by Gasteiger charge is 2.16. The van der Waals surface area contributed by atoms with Crippen LogP contribution >= 0.6 is 0 Å². The molecule has 0 spiro atoms. The predicted molar refractivity (Wildman–Crippen MR) is 173 cm³/mol. The van der Waals surface area contributed by atoms with E-state index < -0.39 is 0 Å². The molecule has 5 aromatic carbocycles. The molecule has 0 aliphatic rings.